The first kappa shape index (κ1) is 22.2. The lowest BCUT2D eigenvalue weighted by Gasteiger charge is -2.30. The number of anilines is 1. The van der Waals surface area contributed by atoms with Gasteiger partial charge in [-0.15, -0.1) is 11.8 Å². The third-order valence-electron chi connectivity index (χ3n) is 5.90. The van der Waals surface area contributed by atoms with Gasteiger partial charge in [-0.2, -0.15) is 0 Å². The molecule has 2 aliphatic heterocycles. The van der Waals surface area contributed by atoms with E-state index in [2.05, 4.69) is 5.32 Å². The number of esters is 1. The molecule has 3 atom stereocenters. The summed E-state index contributed by atoms with van der Waals surface area (Å²) in [7, 11) is 1.52. The molecule has 0 radical (unpaired) electrons. The van der Waals surface area contributed by atoms with Crippen LogP contribution in [0.25, 0.3) is 0 Å². The molecule has 7 nitrogen and oxygen atoms in total. The smallest absolute Gasteiger partial charge is 0.330 e. The SMILES string of the molecule is COc1ccc(C)cc1NC(=O)[C@H](OC(=O)[C@H]1CS[C@@]2(C)CCC(=O)N12)c1ccccc1. The highest BCUT2D eigenvalue weighted by Crippen LogP contribution is 2.47. The van der Waals surface area contributed by atoms with Crippen molar-refractivity contribution in [2.24, 2.45) is 0 Å². The zero-order valence-corrected chi connectivity index (χ0v) is 19.1. The van der Waals surface area contributed by atoms with E-state index in [-0.39, 0.29) is 10.8 Å². The second kappa shape index (κ2) is 8.86. The van der Waals surface area contributed by atoms with Crippen LogP contribution in [0.4, 0.5) is 5.69 Å². The lowest BCUT2D eigenvalue weighted by Crippen LogP contribution is -2.47. The van der Waals surface area contributed by atoms with E-state index in [4.69, 9.17) is 9.47 Å². The molecule has 168 valence electrons. The molecule has 2 aliphatic rings. The van der Waals surface area contributed by atoms with Crippen LogP contribution in [0.3, 0.4) is 0 Å². The minimum absolute atomic E-state index is 0.0512. The van der Waals surface area contributed by atoms with E-state index in [0.29, 0.717) is 35.6 Å². The van der Waals surface area contributed by atoms with Gasteiger partial charge in [0.15, 0.2) is 0 Å². The Hall–Kier alpha value is -3.00. The number of fused-ring (bicyclic) bond motifs is 1. The number of aryl methyl sites for hydroxylation is 1. The van der Waals surface area contributed by atoms with Gasteiger partial charge in [0.25, 0.3) is 5.91 Å². The van der Waals surface area contributed by atoms with Crippen molar-refractivity contribution in [3.8, 4) is 5.75 Å². The van der Waals surface area contributed by atoms with Gasteiger partial charge in [0, 0.05) is 17.7 Å². The maximum atomic E-state index is 13.3. The number of ether oxygens (including phenoxy) is 2. The number of hydrogen-bond acceptors (Lipinski definition) is 6. The molecule has 2 amide bonds. The van der Waals surface area contributed by atoms with E-state index < -0.39 is 24.0 Å². The molecule has 0 aromatic heterocycles. The highest BCUT2D eigenvalue weighted by atomic mass is 32.2. The van der Waals surface area contributed by atoms with Crippen molar-refractivity contribution in [1.29, 1.82) is 0 Å². The second-order valence-electron chi connectivity index (χ2n) is 8.19. The maximum absolute atomic E-state index is 13.3. The van der Waals surface area contributed by atoms with Crippen LogP contribution in [0, 0.1) is 6.92 Å². The van der Waals surface area contributed by atoms with Gasteiger partial charge in [-0.1, -0.05) is 36.4 Å². The molecule has 0 bridgehead atoms. The van der Waals surface area contributed by atoms with Crippen LogP contribution in [0.2, 0.25) is 0 Å². The number of rotatable bonds is 6. The zero-order chi connectivity index (χ0) is 22.9. The minimum Gasteiger partial charge on any atom is -0.495 e. The average Bonchev–Trinajstić information content (AvgIpc) is 3.28. The summed E-state index contributed by atoms with van der Waals surface area (Å²) in [5, 5.41) is 2.83. The average molecular weight is 455 g/mol. The van der Waals surface area contributed by atoms with Gasteiger partial charge in [0.1, 0.15) is 11.8 Å². The van der Waals surface area contributed by atoms with Crippen LogP contribution in [0.5, 0.6) is 5.75 Å². The molecule has 2 fully saturated rings. The third kappa shape index (κ3) is 4.19. The van der Waals surface area contributed by atoms with Crippen LogP contribution in [0.1, 0.15) is 37.0 Å². The lowest BCUT2D eigenvalue weighted by atomic mass is 10.1. The third-order valence-corrected chi connectivity index (χ3v) is 7.41. The summed E-state index contributed by atoms with van der Waals surface area (Å²) in [6, 6.07) is 13.6. The van der Waals surface area contributed by atoms with Crippen molar-refractivity contribution in [2.45, 2.75) is 43.7 Å². The number of thioether (sulfide) groups is 1. The van der Waals surface area contributed by atoms with Gasteiger partial charge in [0.05, 0.1) is 17.7 Å². The fourth-order valence-electron chi connectivity index (χ4n) is 4.21. The number of amides is 2. The van der Waals surface area contributed by atoms with Crippen molar-refractivity contribution in [2.75, 3.05) is 18.2 Å². The van der Waals surface area contributed by atoms with Crippen molar-refractivity contribution in [1.82, 2.24) is 4.90 Å². The number of methoxy groups -OCH3 is 1. The molecule has 4 rings (SSSR count). The van der Waals surface area contributed by atoms with Crippen molar-refractivity contribution >= 4 is 35.2 Å². The molecule has 0 spiro atoms. The van der Waals surface area contributed by atoms with Gasteiger partial charge in [0.2, 0.25) is 12.0 Å². The molecule has 0 unspecified atom stereocenters. The van der Waals surface area contributed by atoms with Crippen molar-refractivity contribution < 1.29 is 23.9 Å². The Balaban J connectivity index is 1.58. The monoisotopic (exact) mass is 454 g/mol. The highest BCUT2D eigenvalue weighted by Gasteiger charge is 2.54. The molecule has 2 aromatic rings. The summed E-state index contributed by atoms with van der Waals surface area (Å²) in [4.78, 5) is 40.1. The van der Waals surface area contributed by atoms with Crippen LogP contribution in [-0.4, -0.2) is 46.5 Å². The number of nitrogens with one attached hydrogen (secondary N) is 1. The van der Waals surface area contributed by atoms with Crippen molar-refractivity contribution in [3.63, 3.8) is 0 Å². The summed E-state index contributed by atoms with van der Waals surface area (Å²) in [5.74, 6) is -0.153. The summed E-state index contributed by atoms with van der Waals surface area (Å²) >= 11 is 1.58. The number of nitrogens with zero attached hydrogens (tertiary/aromatic N) is 1. The maximum Gasteiger partial charge on any atom is 0.330 e. The Kier molecular flexibility index (Phi) is 6.15. The minimum atomic E-state index is -1.16. The van der Waals surface area contributed by atoms with Crippen LogP contribution < -0.4 is 10.1 Å². The predicted octanol–water partition coefficient (Wildman–Crippen LogP) is 3.68. The number of benzene rings is 2. The summed E-state index contributed by atoms with van der Waals surface area (Å²) in [5.41, 5.74) is 1.99. The Morgan fingerprint density at radius 2 is 1.97 bits per heavy atom. The lowest BCUT2D eigenvalue weighted by molar-refractivity contribution is -0.161. The topological polar surface area (TPSA) is 84.9 Å². The number of hydrogen-bond donors (Lipinski definition) is 1. The van der Waals surface area contributed by atoms with Gasteiger partial charge in [-0.25, -0.2) is 4.79 Å². The first-order valence-corrected chi connectivity index (χ1v) is 11.5. The quantitative estimate of drug-likeness (QED) is 0.671. The number of carbonyl (C=O) groups is 3. The van der Waals surface area contributed by atoms with E-state index in [1.165, 1.54) is 7.11 Å². The van der Waals surface area contributed by atoms with Crippen LogP contribution >= 0.6 is 11.8 Å². The fourth-order valence-corrected chi connectivity index (χ4v) is 5.63. The molecule has 1 N–H and O–H groups in total. The molecule has 8 heteroatoms. The van der Waals surface area contributed by atoms with E-state index in [0.717, 1.165) is 5.56 Å². The van der Waals surface area contributed by atoms with Crippen LogP contribution in [0.15, 0.2) is 48.5 Å². The molecule has 0 aliphatic carbocycles. The zero-order valence-electron chi connectivity index (χ0n) is 18.3. The van der Waals surface area contributed by atoms with E-state index in [1.807, 2.05) is 26.0 Å². The summed E-state index contributed by atoms with van der Waals surface area (Å²) in [6.07, 6.45) is -0.0394. The number of carbonyl (C=O) groups excluding carboxylic acids is 3. The summed E-state index contributed by atoms with van der Waals surface area (Å²) in [6.45, 7) is 3.88. The first-order valence-electron chi connectivity index (χ1n) is 10.5. The largest absolute Gasteiger partial charge is 0.495 e. The van der Waals surface area contributed by atoms with Gasteiger partial charge < -0.3 is 19.7 Å². The molecule has 2 saturated heterocycles. The van der Waals surface area contributed by atoms with E-state index >= 15 is 0 Å². The first-order chi connectivity index (χ1) is 15.3. The van der Waals surface area contributed by atoms with E-state index in [9.17, 15) is 14.4 Å². The van der Waals surface area contributed by atoms with Crippen LogP contribution in [-0.2, 0) is 19.1 Å². The molecule has 32 heavy (non-hydrogen) atoms. The second-order valence-corrected chi connectivity index (χ2v) is 9.69. The highest BCUT2D eigenvalue weighted by molar-refractivity contribution is 8.01. The predicted molar refractivity (Wildman–Crippen MR) is 122 cm³/mol. The van der Waals surface area contributed by atoms with Gasteiger partial charge in [-0.05, 0) is 38.0 Å². The molecule has 2 aromatic carbocycles. The Labute approximate surface area is 191 Å². The summed E-state index contributed by atoms with van der Waals surface area (Å²) < 4.78 is 11.1. The van der Waals surface area contributed by atoms with E-state index in [1.54, 1.807) is 53.1 Å². The van der Waals surface area contributed by atoms with Gasteiger partial charge in [-0.3, -0.25) is 9.59 Å². The Morgan fingerprint density at radius 3 is 2.69 bits per heavy atom. The fraction of sp³-hybridized carbons (Fsp3) is 0.375. The molecular weight excluding hydrogens is 428 g/mol. The normalized spacial score (nSPS) is 22.9. The van der Waals surface area contributed by atoms with Gasteiger partial charge >= 0.3 is 5.97 Å². The Bertz CT molecular complexity index is 1040. The molecule has 2 heterocycles. The standard InChI is InChI=1S/C24H26N2O5S/c1-15-9-10-19(30-3)17(13-15)25-22(28)21(16-7-5-4-6-8-16)31-23(29)18-14-32-24(2)12-11-20(27)26(18)24/h4-10,13,18,21H,11-12,14H2,1-3H3,(H,25,28)/t18-,21-,24+/m1/s1. The van der Waals surface area contributed by atoms with Crippen molar-refractivity contribution in [3.05, 3.63) is 59.7 Å². The molecule has 0 saturated carbocycles. The molecular formula is C24H26N2O5S. The Morgan fingerprint density at radius 1 is 1.22 bits per heavy atom.